The van der Waals surface area contributed by atoms with Crippen molar-refractivity contribution in [1.29, 1.82) is 0 Å². The molecule has 0 N–H and O–H groups in total. The van der Waals surface area contributed by atoms with E-state index in [1.807, 2.05) is 51.5 Å². The molecule has 3 atom stereocenters. The molecule has 31 heavy (non-hydrogen) atoms. The molecule has 6 nitrogen and oxygen atoms in total. The number of likely N-dealkylation sites (tertiary alicyclic amines) is 1. The smallest absolute Gasteiger partial charge is 0.272 e. The number of rotatable bonds is 4. The average Bonchev–Trinajstić information content (AvgIpc) is 3.13. The normalized spacial score (nSPS) is 22.7. The molecule has 1 amide bonds. The second kappa shape index (κ2) is 7.66. The zero-order valence-corrected chi connectivity index (χ0v) is 18.5. The van der Waals surface area contributed by atoms with Crippen LogP contribution in [0, 0.1) is 11.8 Å². The summed E-state index contributed by atoms with van der Waals surface area (Å²) < 4.78 is 3.99. The van der Waals surface area contributed by atoms with Crippen LogP contribution in [0.25, 0.3) is 11.0 Å². The summed E-state index contributed by atoms with van der Waals surface area (Å²) in [5.41, 5.74) is 2.51. The van der Waals surface area contributed by atoms with Crippen molar-refractivity contribution in [3.8, 4) is 0 Å². The van der Waals surface area contributed by atoms with Gasteiger partial charge in [0.15, 0.2) is 0 Å². The molecule has 2 bridgehead atoms. The monoisotopic (exact) mass is 418 g/mol. The predicted molar refractivity (Wildman–Crippen MR) is 121 cm³/mol. The summed E-state index contributed by atoms with van der Waals surface area (Å²) in [6.07, 6.45) is 5.05. The van der Waals surface area contributed by atoms with Crippen LogP contribution in [-0.4, -0.2) is 38.0 Å². The third kappa shape index (κ3) is 3.48. The van der Waals surface area contributed by atoms with Crippen LogP contribution in [0.2, 0.25) is 0 Å². The van der Waals surface area contributed by atoms with Crippen molar-refractivity contribution >= 4 is 16.9 Å². The number of carbonyl (C=O) groups is 1. The average molecular weight is 419 g/mol. The first-order chi connectivity index (χ1) is 14.9. The molecule has 1 saturated heterocycles. The number of amides is 1. The Hall–Kier alpha value is -2.89. The lowest BCUT2D eigenvalue weighted by atomic mass is 9.76. The number of hydrogen-bond acceptors (Lipinski definition) is 3. The Morgan fingerprint density at radius 3 is 2.81 bits per heavy atom. The largest absolute Gasteiger partial charge is 0.336 e. The van der Waals surface area contributed by atoms with Gasteiger partial charge in [0.2, 0.25) is 0 Å². The van der Waals surface area contributed by atoms with Gasteiger partial charge >= 0.3 is 0 Å². The van der Waals surface area contributed by atoms with Crippen molar-refractivity contribution in [3.63, 3.8) is 0 Å². The summed E-state index contributed by atoms with van der Waals surface area (Å²) in [5.74, 6) is 1.08. The van der Waals surface area contributed by atoms with Crippen LogP contribution in [0.3, 0.4) is 0 Å². The Morgan fingerprint density at radius 2 is 2.00 bits per heavy atom. The molecule has 1 fully saturated rings. The fraction of sp³-hybridized carbons (Fsp3) is 0.480. The van der Waals surface area contributed by atoms with Crippen molar-refractivity contribution in [1.82, 2.24) is 19.0 Å². The van der Waals surface area contributed by atoms with Gasteiger partial charge in [0.05, 0.1) is 0 Å². The Morgan fingerprint density at radius 1 is 1.16 bits per heavy atom. The molecule has 5 heterocycles. The number of pyridine rings is 2. The minimum Gasteiger partial charge on any atom is -0.336 e. The van der Waals surface area contributed by atoms with Crippen molar-refractivity contribution in [2.75, 3.05) is 13.1 Å². The number of aromatic nitrogens is 3. The summed E-state index contributed by atoms with van der Waals surface area (Å²) in [6, 6.07) is 11.6. The maximum Gasteiger partial charge on any atom is 0.272 e. The van der Waals surface area contributed by atoms with E-state index in [2.05, 4.69) is 24.9 Å². The first-order valence-corrected chi connectivity index (χ1v) is 11.3. The van der Waals surface area contributed by atoms with E-state index < -0.39 is 0 Å². The van der Waals surface area contributed by atoms with Crippen LogP contribution in [0.15, 0.2) is 47.4 Å². The van der Waals surface area contributed by atoms with Gasteiger partial charge in [0, 0.05) is 55.4 Å². The van der Waals surface area contributed by atoms with E-state index in [-0.39, 0.29) is 23.4 Å². The number of hydrogen-bond donors (Lipinski definition) is 0. The minimum atomic E-state index is -0.00728. The number of carbonyl (C=O) groups excluding carboxylic acids is 1. The molecule has 0 radical (unpaired) electrons. The van der Waals surface area contributed by atoms with Gasteiger partial charge in [-0.2, -0.15) is 0 Å². The fourth-order valence-electron chi connectivity index (χ4n) is 5.50. The molecule has 0 unspecified atom stereocenters. The van der Waals surface area contributed by atoms with E-state index in [4.69, 9.17) is 0 Å². The third-order valence-electron chi connectivity index (χ3n) is 7.06. The first-order valence-electron chi connectivity index (χ1n) is 11.3. The van der Waals surface area contributed by atoms with Gasteiger partial charge in [-0.15, -0.1) is 0 Å². The quantitative estimate of drug-likeness (QED) is 0.644. The molecule has 0 saturated carbocycles. The number of piperidine rings is 1. The van der Waals surface area contributed by atoms with E-state index in [0.717, 1.165) is 36.0 Å². The summed E-state index contributed by atoms with van der Waals surface area (Å²) >= 11 is 0. The van der Waals surface area contributed by atoms with Crippen LogP contribution in [-0.2, 0) is 7.05 Å². The van der Waals surface area contributed by atoms with Crippen LogP contribution >= 0.6 is 0 Å². The van der Waals surface area contributed by atoms with Gasteiger partial charge < -0.3 is 14.0 Å². The van der Waals surface area contributed by atoms with Crippen molar-refractivity contribution < 1.29 is 4.79 Å². The maximum absolute atomic E-state index is 13.4. The summed E-state index contributed by atoms with van der Waals surface area (Å²) in [5, 5.41) is 1.04. The molecule has 0 spiro atoms. The highest BCUT2D eigenvalue weighted by atomic mass is 16.2. The van der Waals surface area contributed by atoms with Gasteiger partial charge in [-0.1, -0.05) is 19.9 Å². The lowest BCUT2D eigenvalue weighted by molar-refractivity contribution is 0.0508. The molecule has 6 heteroatoms. The first kappa shape index (κ1) is 20.0. The molecule has 2 aliphatic rings. The molecule has 0 aromatic carbocycles. The van der Waals surface area contributed by atoms with E-state index in [0.29, 0.717) is 30.6 Å². The molecule has 162 valence electrons. The van der Waals surface area contributed by atoms with E-state index in [1.165, 1.54) is 0 Å². The van der Waals surface area contributed by atoms with Gasteiger partial charge in [-0.05, 0) is 55.4 Å². The van der Waals surface area contributed by atoms with Gasteiger partial charge in [-0.25, -0.2) is 4.98 Å². The van der Waals surface area contributed by atoms with Gasteiger partial charge in [0.25, 0.3) is 11.5 Å². The Bertz CT molecular complexity index is 1190. The molecule has 5 rings (SSSR count). The molecule has 3 aromatic rings. The second-order valence-corrected chi connectivity index (χ2v) is 9.64. The van der Waals surface area contributed by atoms with Crippen molar-refractivity contribution in [3.05, 3.63) is 64.3 Å². The highest BCUT2D eigenvalue weighted by Gasteiger charge is 2.41. The Balaban J connectivity index is 1.48. The topological polar surface area (TPSA) is 60.1 Å². The van der Waals surface area contributed by atoms with Crippen LogP contribution in [0.1, 0.15) is 61.3 Å². The molecule has 0 aliphatic carbocycles. The van der Waals surface area contributed by atoms with Gasteiger partial charge in [0.1, 0.15) is 11.3 Å². The van der Waals surface area contributed by atoms with Crippen molar-refractivity contribution in [2.45, 2.75) is 45.1 Å². The standard InChI is InChI=1S/C25H30N4O2/c1-16(2)7-10-22-19-13-18(21-5-4-6-23(30)29(21)22)14-28(15-19)25(31)20-9-8-17-11-12-27(3)24(17)26-20/h4-6,8-9,11-12,16,18-19,22H,7,10,13-15H2,1-3H3/t18-,19+,22+/m1/s1. The van der Waals surface area contributed by atoms with Gasteiger partial charge in [-0.3, -0.25) is 9.59 Å². The summed E-state index contributed by atoms with van der Waals surface area (Å²) in [4.78, 5) is 32.9. The minimum absolute atomic E-state index is 0.00728. The SMILES string of the molecule is CC(C)CC[C@H]1[C@H]2C[C@H](CN(C(=O)c3ccc4ccn(C)c4n3)C2)c2cccc(=O)n21. The zero-order valence-electron chi connectivity index (χ0n) is 18.5. The molecular weight excluding hydrogens is 388 g/mol. The van der Waals surface area contributed by atoms with E-state index >= 15 is 0 Å². The molecule has 3 aromatic heterocycles. The highest BCUT2D eigenvalue weighted by molar-refractivity contribution is 5.94. The second-order valence-electron chi connectivity index (χ2n) is 9.64. The summed E-state index contributed by atoms with van der Waals surface area (Å²) in [7, 11) is 1.95. The summed E-state index contributed by atoms with van der Waals surface area (Å²) in [6.45, 7) is 5.78. The van der Waals surface area contributed by atoms with Crippen molar-refractivity contribution in [2.24, 2.45) is 18.9 Å². The van der Waals surface area contributed by atoms with Crippen LogP contribution in [0.5, 0.6) is 0 Å². The van der Waals surface area contributed by atoms with E-state index in [1.54, 1.807) is 6.07 Å². The zero-order chi connectivity index (χ0) is 21.7. The fourth-order valence-corrected chi connectivity index (χ4v) is 5.50. The molecular formula is C25H30N4O2. The Kier molecular flexibility index (Phi) is 4.95. The number of aryl methyl sites for hydroxylation is 1. The van der Waals surface area contributed by atoms with E-state index in [9.17, 15) is 9.59 Å². The lowest BCUT2D eigenvalue weighted by Crippen LogP contribution is -2.51. The number of fused-ring (bicyclic) bond motifs is 5. The molecule has 2 aliphatic heterocycles. The number of nitrogens with zero attached hydrogens (tertiary/aromatic N) is 4. The van der Waals surface area contributed by atoms with Crippen LogP contribution in [0.4, 0.5) is 0 Å². The maximum atomic E-state index is 13.4. The third-order valence-corrected chi connectivity index (χ3v) is 7.06. The lowest BCUT2D eigenvalue weighted by Gasteiger charge is -2.47. The Labute approximate surface area is 182 Å². The van der Waals surface area contributed by atoms with Crippen LogP contribution < -0.4 is 5.56 Å². The highest BCUT2D eigenvalue weighted by Crippen LogP contribution is 2.43. The predicted octanol–water partition coefficient (Wildman–Crippen LogP) is 3.97.